The van der Waals surface area contributed by atoms with Crippen molar-refractivity contribution < 1.29 is 9.16 Å². The largest absolute Gasteiger partial charge is 0.494 e. The van der Waals surface area contributed by atoms with Crippen LogP contribution in [0.5, 0.6) is 5.75 Å². The van der Waals surface area contributed by atoms with E-state index in [1.54, 1.807) is 7.11 Å². The summed E-state index contributed by atoms with van der Waals surface area (Å²) in [6, 6.07) is 5.79. The molecule has 0 amide bonds. The maximum Gasteiger partial charge on any atom is 0.192 e. The van der Waals surface area contributed by atoms with E-state index < -0.39 is 8.32 Å². The number of thiocarbonyl (C=S) groups is 1. The molecule has 110 valence electrons. The molecule has 0 fully saturated rings. The summed E-state index contributed by atoms with van der Waals surface area (Å²) in [7, 11) is -0.169. The van der Waals surface area contributed by atoms with Gasteiger partial charge in [-0.1, -0.05) is 32.9 Å². The van der Waals surface area contributed by atoms with Crippen LogP contribution in [0, 0.1) is 0 Å². The van der Waals surface area contributed by atoms with Crippen LogP contribution in [-0.2, 0) is 11.0 Å². The minimum Gasteiger partial charge on any atom is -0.494 e. The first-order valence-corrected chi connectivity index (χ1v) is 9.92. The number of para-hydroxylation sites is 1. The van der Waals surface area contributed by atoms with E-state index in [-0.39, 0.29) is 5.04 Å². The van der Waals surface area contributed by atoms with Gasteiger partial charge in [0.25, 0.3) is 0 Å². The summed E-state index contributed by atoms with van der Waals surface area (Å²) in [5, 5.41) is 2.59. The number of aliphatic imine (C=N–C) groups is 1. The number of hydrogen-bond acceptors (Lipinski definition) is 4. The summed E-state index contributed by atoms with van der Waals surface area (Å²) in [6.45, 7) is 11.6. The molecule has 0 N–H and O–H groups in total. The highest BCUT2D eigenvalue weighted by atomic mass is 32.1. The minimum absolute atomic E-state index is 0.180. The first kappa shape index (κ1) is 17.0. The number of benzene rings is 1. The molecule has 3 nitrogen and oxygen atoms in total. The molecule has 0 saturated heterocycles. The van der Waals surface area contributed by atoms with Gasteiger partial charge < -0.3 is 9.16 Å². The summed E-state index contributed by atoms with van der Waals surface area (Å²) in [5.74, 6) is 0.693. The monoisotopic (exact) mass is 309 g/mol. The number of methoxy groups -OCH3 is 1. The van der Waals surface area contributed by atoms with Crippen molar-refractivity contribution in [2.24, 2.45) is 4.99 Å². The summed E-state index contributed by atoms with van der Waals surface area (Å²) in [4.78, 5) is 4.12. The van der Waals surface area contributed by atoms with E-state index in [0.717, 1.165) is 5.56 Å². The molecular formula is C15H23NO2SSi. The van der Waals surface area contributed by atoms with Crippen LogP contribution in [0.3, 0.4) is 0 Å². The number of nitrogens with zero attached hydrogens (tertiary/aromatic N) is 1. The second-order valence-corrected chi connectivity index (χ2v) is 11.2. The molecule has 0 aromatic heterocycles. The smallest absolute Gasteiger partial charge is 0.192 e. The van der Waals surface area contributed by atoms with Crippen LogP contribution in [0.25, 0.3) is 0 Å². The average molecular weight is 310 g/mol. The molecular weight excluding hydrogens is 286 g/mol. The van der Waals surface area contributed by atoms with Gasteiger partial charge in [0, 0.05) is 5.56 Å². The summed E-state index contributed by atoms with van der Waals surface area (Å²) in [6.07, 6.45) is 0. The maximum atomic E-state index is 6.23. The first-order chi connectivity index (χ1) is 9.23. The molecule has 0 aliphatic heterocycles. The van der Waals surface area contributed by atoms with Crippen LogP contribution in [0.1, 0.15) is 26.3 Å². The molecule has 1 aromatic rings. The number of ether oxygens (including phenoxy) is 1. The highest BCUT2D eigenvalue weighted by Gasteiger charge is 2.37. The molecule has 0 aliphatic rings. The Bertz CT molecular complexity index is 517. The third-order valence-electron chi connectivity index (χ3n) is 3.85. The minimum atomic E-state index is -1.79. The molecule has 1 rings (SSSR count). The molecule has 0 unspecified atom stereocenters. The van der Waals surface area contributed by atoms with E-state index in [4.69, 9.17) is 21.4 Å². The van der Waals surface area contributed by atoms with Crippen LogP contribution in [0.2, 0.25) is 18.1 Å². The Morgan fingerprint density at radius 1 is 1.30 bits per heavy atom. The zero-order chi connectivity index (χ0) is 15.4. The maximum absolute atomic E-state index is 6.23. The van der Waals surface area contributed by atoms with E-state index in [9.17, 15) is 0 Å². The molecule has 0 aliphatic carbocycles. The van der Waals surface area contributed by atoms with Crippen molar-refractivity contribution >= 4 is 31.4 Å². The molecule has 0 heterocycles. The fourth-order valence-corrected chi connectivity index (χ4v) is 2.54. The fraction of sp³-hybridized carbons (Fsp3) is 0.533. The molecule has 0 bridgehead atoms. The van der Waals surface area contributed by atoms with Crippen molar-refractivity contribution in [2.45, 2.75) is 45.5 Å². The van der Waals surface area contributed by atoms with Gasteiger partial charge in [-0.3, -0.25) is 0 Å². The molecule has 0 radical (unpaired) electrons. The third-order valence-corrected chi connectivity index (χ3v) is 8.42. The summed E-state index contributed by atoms with van der Waals surface area (Å²) >= 11 is 4.71. The fourth-order valence-electron chi connectivity index (χ4n) is 1.50. The lowest BCUT2D eigenvalue weighted by Crippen LogP contribution is -2.40. The van der Waals surface area contributed by atoms with E-state index in [0.29, 0.717) is 18.0 Å². The van der Waals surface area contributed by atoms with Gasteiger partial charge in [-0.25, -0.2) is 0 Å². The molecule has 1 aromatic carbocycles. The Balaban J connectivity index is 3.02. The van der Waals surface area contributed by atoms with E-state index in [2.05, 4.69) is 44.0 Å². The van der Waals surface area contributed by atoms with E-state index in [1.165, 1.54) is 0 Å². The Hall–Kier alpha value is -1.00. The van der Waals surface area contributed by atoms with E-state index >= 15 is 0 Å². The van der Waals surface area contributed by atoms with Crippen LogP contribution < -0.4 is 4.74 Å². The molecule has 0 atom stereocenters. The first-order valence-electron chi connectivity index (χ1n) is 6.60. The Morgan fingerprint density at radius 3 is 2.45 bits per heavy atom. The van der Waals surface area contributed by atoms with Crippen molar-refractivity contribution in [3.8, 4) is 5.75 Å². The topological polar surface area (TPSA) is 30.8 Å². The highest BCUT2D eigenvalue weighted by molar-refractivity contribution is 7.78. The van der Waals surface area contributed by atoms with Crippen molar-refractivity contribution in [1.29, 1.82) is 0 Å². The van der Waals surface area contributed by atoms with Crippen LogP contribution in [0.15, 0.2) is 23.2 Å². The van der Waals surface area contributed by atoms with Gasteiger partial charge in [-0.2, -0.15) is 4.99 Å². The second-order valence-electron chi connectivity index (χ2n) is 6.22. The lowest BCUT2D eigenvalue weighted by atomic mass is 10.2. The molecule has 0 saturated carbocycles. The number of hydrogen-bond donors (Lipinski definition) is 0. The van der Waals surface area contributed by atoms with Gasteiger partial charge in [0.1, 0.15) is 11.4 Å². The van der Waals surface area contributed by atoms with Crippen molar-refractivity contribution in [3.63, 3.8) is 0 Å². The number of isothiocyanates is 1. The molecule has 0 spiro atoms. The van der Waals surface area contributed by atoms with Gasteiger partial charge in [0.05, 0.1) is 18.9 Å². The summed E-state index contributed by atoms with van der Waals surface area (Å²) in [5.41, 5.74) is 1.69. The van der Waals surface area contributed by atoms with Gasteiger partial charge in [-0.05, 0) is 36.4 Å². The zero-order valence-corrected chi connectivity index (χ0v) is 14.9. The number of rotatable bonds is 5. The predicted molar refractivity (Wildman–Crippen MR) is 89.7 cm³/mol. The SMILES string of the molecule is COc1cccc(CO[Si](C)(C)C(C)(C)C)c1N=C=S. The second kappa shape index (κ2) is 6.63. The van der Waals surface area contributed by atoms with Crippen LogP contribution in [0.4, 0.5) is 5.69 Å². The normalized spacial score (nSPS) is 11.9. The van der Waals surface area contributed by atoms with Gasteiger partial charge in [0.2, 0.25) is 0 Å². The standard InChI is InChI=1S/C15H23NO2SSi/c1-15(2,3)20(5,6)18-10-12-8-7-9-13(17-4)14(12)16-11-19/h7-9H,10H2,1-6H3. The van der Waals surface area contributed by atoms with Gasteiger partial charge >= 0.3 is 0 Å². The van der Waals surface area contributed by atoms with Gasteiger partial charge in [-0.15, -0.1) is 0 Å². The van der Waals surface area contributed by atoms with Crippen molar-refractivity contribution in [3.05, 3.63) is 23.8 Å². The third kappa shape index (κ3) is 3.99. The Morgan fingerprint density at radius 2 is 1.95 bits per heavy atom. The highest BCUT2D eigenvalue weighted by Crippen LogP contribution is 2.38. The van der Waals surface area contributed by atoms with E-state index in [1.807, 2.05) is 18.2 Å². The summed E-state index contributed by atoms with van der Waals surface area (Å²) < 4.78 is 11.5. The van der Waals surface area contributed by atoms with Crippen molar-refractivity contribution in [1.82, 2.24) is 0 Å². The predicted octanol–water partition coefficient (Wildman–Crippen LogP) is 4.95. The quantitative estimate of drug-likeness (QED) is 0.438. The molecule has 20 heavy (non-hydrogen) atoms. The van der Waals surface area contributed by atoms with Crippen LogP contribution >= 0.6 is 12.2 Å². The van der Waals surface area contributed by atoms with Gasteiger partial charge in [0.15, 0.2) is 8.32 Å². The Kier molecular flexibility index (Phi) is 5.65. The zero-order valence-electron chi connectivity index (χ0n) is 13.1. The van der Waals surface area contributed by atoms with Crippen LogP contribution in [-0.4, -0.2) is 20.6 Å². The average Bonchev–Trinajstić information content (AvgIpc) is 2.36. The van der Waals surface area contributed by atoms with Crippen molar-refractivity contribution in [2.75, 3.05) is 7.11 Å². The Labute approximate surface area is 128 Å². The lowest BCUT2D eigenvalue weighted by Gasteiger charge is -2.36. The molecule has 5 heteroatoms. The lowest BCUT2D eigenvalue weighted by molar-refractivity contribution is 0.276.